The molecule has 2 aromatic rings. The summed E-state index contributed by atoms with van der Waals surface area (Å²) in [4.78, 5) is 12.6. The topological polar surface area (TPSA) is 39.5 Å². The molecule has 0 bridgehead atoms. The largest absolute Gasteiger partial charge is 0.368 e. The molecule has 0 N–H and O–H groups in total. The number of halogens is 1. The molecule has 1 saturated heterocycles. The van der Waals surface area contributed by atoms with Crippen molar-refractivity contribution in [2.24, 2.45) is 0 Å². The molecule has 0 aliphatic carbocycles. The average molecular weight is 281 g/mol. The second kappa shape index (κ2) is 4.12. The lowest BCUT2D eigenvalue weighted by atomic mass is 10.2. The van der Waals surface area contributed by atoms with Crippen LogP contribution in [0.2, 0.25) is 5.02 Å². The van der Waals surface area contributed by atoms with Crippen LogP contribution in [-0.2, 0) is 11.3 Å². The van der Waals surface area contributed by atoms with Crippen LogP contribution in [0.15, 0.2) is 23.0 Å². The van der Waals surface area contributed by atoms with Crippen LogP contribution in [0, 0.1) is 0 Å². The van der Waals surface area contributed by atoms with Crippen molar-refractivity contribution in [1.29, 1.82) is 0 Å². The molecule has 4 nitrogen and oxygen atoms in total. The molecule has 19 heavy (non-hydrogen) atoms. The maximum Gasteiger partial charge on any atom is 0.329 e. The maximum absolute atomic E-state index is 12.6. The summed E-state index contributed by atoms with van der Waals surface area (Å²) < 4.78 is 8.98. The molecule has 1 fully saturated rings. The highest BCUT2D eigenvalue weighted by Gasteiger charge is 2.40. The Morgan fingerprint density at radius 1 is 1.42 bits per heavy atom. The monoisotopic (exact) mass is 280 g/mol. The number of aromatic nitrogens is 2. The van der Waals surface area contributed by atoms with Crippen LogP contribution in [0.5, 0.6) is 0 Å². The number of hydrogen-bond acceptors (Lipinski definition) is 2. The third kappa shape index (κ3) is 2.09. The number of benzene rings is 1. The Morgan fingerprint density at radius 2 is 2.11 bits per heavy atom. The van der Waals surface area contributed by atoms with Crippen molar-refractivity contribution < 1.29 is 4.74 Å². The standard InChI is InChI=1S/C14H17ClN2O2/c1-9(2)17-11-5-4-10(15)6-12(11)16(13(17)18)7-14(3)8-19-14/h4-6,9H,7-8H2,1-3H3. The Morgan fingerprint density at radius 3 is 2.68 bits per heavy atom. The van der Waals surface area contributed by atoms with Crippen LogP contribution < -0.4 is 5.69 Å². The first-order chi connectivity index (χ1) is 8.91. The van der Waals surface area contributed by atoms with Gasteiger partial charge in [-0.15, -0.1) is 0 Å². The van der Waals surface area contributed by atoms with Crippen LogP contribution in [0.25, 0.3) is 11.0 Å². The summed E-state index contributed by atoms with van der Waals surface area (Å²) in [5, 5.41) is 0.643. The lowest BCUT2D eigenvalue weighted by molar-refractivity contribution is 0.292. The zero-order chi connectivity index (χ0) is 13.8. The molecule has 0 saturated carbocycles. The molecule has 1 aliphatic rings. The minimum atomic E-state index is -0.206. The fourth-order valence-electron chi connectivity index (χ4n) is 2.45. The van der Waals surface area contributed by atoms with E-state index in [1.165, 1.54) is 0 Å². The summed E-state index contributed by atoms with van der Waals surface area (Å²) in [6.45, 7) is 7.31. The highest BCUT2D eigenvalue weighted by atomic mass is 35.5. The van der Waals surface area contributed by atoms with E-state index in [9.17, 15) is 4.79 Å². The van der Waals surface area contributed by atoms with Gasteiger partial charge in [-0.1, -0.05) is 11.6 Å². The van der Waals surface area contributed by atoms with Crippen molar-refractivity contribution in [2.75, 3.05) is 6.61 Å². The first-order valence-electron chi connectivity index (χ1n) is 6.45. The van der Waals surface area contributed by atoms with Gasteiger partial charge < -0.3 is 4.74 Å². The molecule has 0 amide bonds. The van der Waals surface area contributed by atoms with E-state index in [4.69, 9.17) is 16.3 Å². The minimum Gasteiger partial charge on any atom is -0.368 e. The minimum absolute atomic E-state index is 0.00370. The maximum atomic E-state index is 12.6. The lowest BCUT2D eigenvalue weighted by Crippen LogP contribution is -2.29. The summed E-state index contributed by atoms with van der Waals surface area (Å²) in [6.07, 6.45) is 0. The van der Waals surface area contributed by atoms with E-state index in [1.54, 1.807) is 9.13 Å². The molecule has 5 heteroatoms. The number of fused-ring (bicyclic) bond motifs is 1. The number of imidazole rings is 1. The number of epoxide rings is 1. The molecule has 2 heterocycles. The van der Waals surface area contributed by atoms with E-state index in [0.717, 1.165) is 11.0 Å². The van der Waals surface area contributed by atoms with Crippen molar-refractivity contribution in [2.45, 2.75) is 39.0 Å². The van der Waals surface area contributed by atoms with Crippen molar-refractivity contribution in [3.8, 4) is 0 Å². The number of nitrogens with zero attached hydrogens (tertiary/aromatic N) is 2. The van der Waals surface area contributed by atoms with Crippen LogP contribution in [-0.4, -0.2) is 21.3 Å². The Balaban J connectivity index is 2.26. The van der Waals surface area contributed by atoms with Crippen LogP contribution >= 0.6 is 11.6 Å². The Kier molecular flexibility index (Phi) is 2.76. The molecule has 0 radical (unpaired) electrons. The van der Waals surface area contributed by atoms with Gasteiger partial charge >= 0.3 is 5.69 Å². The quantitative estimate of drug-likeness (QED) is 0.811. The summed E-state index contributed by atoms with van der Waals surface area (Å²) in [7, 11) is 0. The molecule has 1 unspecified atom stereocenters. The van der Waals surface area contributed by atoms with E-state index < -0.39 is 0 Å². The van der Waals surface area contributed by atoms with Crippen molar-refractivity contribution in [3.05, 3.63) is 33.7 Å². The smallest absolute Gasteiger partial charge is 0.329 e. The van der Waals surface area contributed by atoms with E-state index >= 15 is 0 Å². The molecule has 0 spiro atoms. The van der Waals surface area contributed by atoms with Gasteiger partial charge in [-0.25, -0.2) is 4.79 Å². The van der Waals surface area contributed by atoms with Gasteiger partial charge in [0.25, 0.3) is 0 Å². The first-order valence-corrected chi connectivity index (χ1v) is 6.83. The van der Waals surface area contributed by atoms with Gasteiger partial charge in [-0.05, 0) is 39.0 Å². The van der Waals surface area contributed by atoms with Gasteiger partial charge in [-0.2, -0.15) is 0 Å². The normalized spacial score (nSPS) is 22.4. The molecule has 1 aromatic heterocycles. The van der Waals surface area contributed by atoms with Crippen LogP contribution in [0.3, 0.4) is 0 Å². The summed E-state index contributed by atoms with van der Waals surface area (Å²) >= 11 is 6.06. The predicted molar refractivity (Wildman–Crippen MR) is 76.0 cm³/mol. The van der Waals surface area contributed by atoms with E-state index in [0.29, 0.717) is 18.2 Å². The van der Waals surface area contributed by atoms with Crippen LogP contribution in [0.4, 0.5) is 0 Å². The summed E-state index contributed by atoms with van der Waals surface area (Å²) in [5.74, 6) is 0. The number of rotatable bonds is 3. The van der Waals surface area contributed by atoms with Crippen molar-refractivity contribution >= 4 is 22.6 Å². The van der Waals surface area contributed by atoms with Gasteiger partial charge in [0.05, 0.1) is 24.2 Å². The number of hydrogen-bond donors (Lipinski definition) is 0. The van der Waals surface area contributed by atoms with Crippen molar-refractivity contribution in [3.63, 3.8) is 0 Å². The molecular weight excluding hydrogens is 264 g/mol. The van der Waals surface area contributed by atoms with E-state index in [1.807, 2.05) is 39.0 Å². The average Bonchev–Trinajstić information content (AvgIpc) is 2.99. The van der Waals surface area contributed by atoms with E-state index in [-0.39, 0.29) is 17.3 Å². The molecule has 102 valence electrons. The SMILES string of the molecule is CC(C)n1c(=O)n(CC2(C)CO2)c2cc(Cl)ccc21. The Labute approximate surface area is 116 Å². The molecular formula is C14H17ClN2O2. The fourth-order valence-corrected chi connectivity index (χ4v) is 2.62. The molecule has 1 aromatic carbocycles. The fraction of sp³-hybridized carbons (Fsp3) is 0.500. The third-order valence-electron chi connectivity index (χ3n) is 3.57. The molecule has 1 atom stereocenters. The zero-order valence-electron chi connectivity index (χ0n) is 11.3. The second-order valence-corrected chi connectivity index (χ2v) is 6.14. The highest BCUT2D eigenvalue weighted by molar-refractivity contribution is 6.31. The Hall–Kier alpha value is -1.26. The number of ether oxygens (including phenoxy) is 1. The molecule has 3 rings (SSSR count). The van der Waals surface area contributed by atoms with Crippen molar-refractivity contribution in [1.82, 2.24) is 9.13 Å². The summed E-state index contributed by atoms with van der Waals surface area (Å²) in [5.41, 5.74) is 1.60. The summed E-state index contributed by atoms with van der Waals surface area (Å²) in [6, 6.07) is 5.70. The van der Waals surface area contributed by atoms with Gasteiger partial charge in [0.2, 0.25) is 0 Å². The second-order valence-electron chi connectivity index (χ2n) is 5.70. The van der Waals surface area contributed by atoms with Gasteiger partial charge in [-0.3, -0.25) is 9.13 Å². The third-order valence-corrected chi connectivity index (χ3v) is 3.81. The Bertz CT molecular complexity index is 695. The van der Waals surface area contributed by atoms with Gasteiger partial charge in [0.1, 0.15) is 5.60 Å². The lowest BCUT2D eigenvalue weighted by Gasteiger charge is -2.07. The predicted octanol–water partition coefficient (Wildman–Crippen LogP) is 2.83. The zero-order valence-corrected chi connectivity index (χ0v) is 12.1. The highest BCUT2D eigenvalue weighted by Crippen LogP contribution is 2.30. The first kappa shape index (κ1) is 12.8. The van der Waals surface area contributed by atoms with E-state index in [2.05, 4.69) is 0 Å². The molecule has 1 aliphatic heterocycles. The van der Waals surface area contributed by atoms with Gasteiger partial charge in [0.15, 0.2) is 0 Å². The van der Waals surface area contributed by atoms with Gasteiger partial charge in [0, 0.05) is 11.1 Å². The van der Waals surface area contributed by atoms with Crippen LogP contribution in [0.1, 0.15) is 26.8 Å².